The number of carbonyl (C=O) groups is 1. The minimum atomic E-state index is -0.191. The fourth-order valence-corrected chi connectivity index (χ4v) is 3.31. The predicted octanol–water partition coefficient (Wildman–Crippen LogP) is 5.35. The number of ether oxygens (including phenoxy) is 1. The largest absolute Gasteiger partial charge is 0.493 e. The third kappa shape index (κ3) is 3.22. The molecule has 0 spiro atoms. The molecule has 0 saturated heterocycles. The first-order chi connectivity index (χ1) is 13.2. The van der Waals surface area contributed by atoms with Crippen LogP contribution in [0.5, 0.6) is 5.75 Å². The molecule has 4 rings (SSSR count). The maximum atomic E-state index is 13.2. The molecule has 4 nitrogen and oxygen atoms in total. The summed E-state index contributed by atoms with van der Waals surface area (Å²) in [5, 5.41) is 5.84. The minimum Gasteiger partial charge on any atom is -0.493 e. The van der Waals surface area contributed by atoms with E-state index in [0.717, 1.165) is 33.1 Å². The van der Waals surface area contributed by atoms with E-state index in [-0.39, 0.29) is 5.91 Å². The molecule has 0 atom stereocenters. The molecule has 27 heavy (non-hydrogen) atoms. The van der Waals surface area contributed by atoms with E-state index in [1.54, 1.807) is 0 Å². The second-order valence-corrected chi connectivity index (χ2v) is 6.37. The zero-order chi connectivity index (χ0) is 18.8. The normalized spacial score (nSPS) is 10.9. The highest BCUT2D eigenvalue weighted by Crippen LogP contribution is 2.30. The first-order valence-electron chi connectivity index (χ1n) is 8.99. The zero-order valence-electron chi connectivity index (χ0n) is 15.3. The predicted molar refractivity (Wildman–Crippen MR) is 110 cm³/mol. The van der Waals surface area contributed by atoms with E-state index in [2.05, 4.69) is 10.3 Å². The van der Waals surface area contributed by atoms with Gasteiger partial charge in [0, 0.05) is 11.1 Å². The average molecular weight is 356 g/mol. The Balaban J connectivity index is 1.81. The monoisotopic (exact) mass is 356 g/mol. The number of aromatic nitrogens is 1. The Bertz CT molecular complexity index is 1150. The fraction of sp³-hybridized carbons (Fsp3) is 0.130. The Morgan fingerprint density at radius 2 is 1.81 bits per heavy atom. The number of pyridine rings is 1. The van der Waals surface area contributed by atoms with E-state index < -0.39 is 0 Å². The van der Waals surface area contributed by atoms with Gasteiger partial charge in [0.05, 0.1) is 23.4 Å². The molecule has 0 radical (unpaired) electrons. The highest BCUT2D eigenvalue weighted by atomic mass is 16.5. The Morgan fingerprint density at radius 1 is 0.963 bits per heavy atom. The van der Waals surface area contributed by atoms with Crippen molar-refractivity contribution in [1.29, 1.82) is 0 Å². The Morgan fingerprint density at radius 3 is 2.67 bits per heavy atom. The lowest BCUT2D eigenvalue weighted by atomic mass is 10.0. The van der Waals surface area contributed by atoms with Gasteiger partial charge in [-0.15, -0.1) is 0 Å². The number of anilines is 1. The van der Waals surface area contributed by atoms with Crippen molar-refractivity contribution >= 4 is 33.3 Å². The molecule has 0 bridgehead atoms. The van der Waals surface area contributed by atoms with Crippen molar-refractivity contribution in [2.45, 2.75) is 13.8 Å². The highest BCUT2D eigenvalue weighted by Gasteiger charge is 2.17. The molecule has 3 aromatic carbocycles. The molecule has 0 fully saturated rings. The summed E-state index contributed by atoms with van der Waals surface area (Å²) in [5.74, 6) is 0.395. The highest BCUT2D eigenvalue weighted by molar-refractivity contribution is 6.16. The van der Waals surface area contributed by atoms with Crippen LogP contribution in [0.4, 0.5) is 5.69 Å². The number of aryl methyl sites for hydroxylation is 1. The van der Waals surface area contributed by atoms with Gasteiger partial charge in [0.15, 0.2) is 0 Å². The van der Waals surface area contributed by atoms with Crippen molar-refractivity contribution in [3.05, 3.63) is 78.0 Å². The van der Waals surface area contributed by atoms with E-state index in [1.807, 2.05) is 80.6 Å². The molecule has 1 aromatic heterocycles. The molecule has 134 valence electrons. The smallest absolute Gasteiger partial charge is 0.260 e. The second kappa shape index (κ2) is 7.08. The van der Waals surface area contributed by atoms with Crippen molar-refractivity contribution in [1.82, 2.24) is 4.98 Å². The van der Waals surface area contributed by atoms with Gasteiger partial charge in [-0.05, 0) is 55.0 Å². The molecular formula is C23H20N2O2. The molecular weight excluding hydrogens is 336 g/mol. The number of benzene rings is 3. The van der Waals surface area contributed by atoms with Gasteiger partial charge in [-0.2, -0.15) is 0 Å². The molecule has 1 heterocycles. The van der Waals surface area contributed by atoms with Gasteiger partial charge in [-0.3, -0.25) is 9.78 Å². The maximum absolute atomic E-state index is 13.2. The summed E-state index contributed by atoms with van der Waals surface area (Å²) in [7, 11) is 0. The molecule has 1 N–H and O–H groups in total. The molecule has 0 aliphatic heterocycles. The van der Waals surface area contributed by atoms with Gasteiger partial charge in [0.2, 0.25) is 0 Å². The van der Waals surface area contributed by atoms with Gasteiger partial charge in [-0.25, -0.2) is 0 Å². The summed E-state index contributed by atoms with van der Waals surface area (Å²) in [4.78, 5) is 17.8. The maximum Gasteiger partial charge on any atom is 0.260 e. The Kier molecular flexibility index (Phi) is 4.47. The van der Waals surface area contributed by atoms with E-state index in [0.29, 0.717) is 17.9 Å². The van der Waals surface area contributed by atoms with E-state index in [1.165, 1.54) is 0 Å². The van der Waals surface area contributed by atoms with E-state index in [9.17, 15) is 4.79 Å². The standard InChI is InChI=1S/C23H20N2O2/c1-3-27-21-14-12-16-7-4-5-8-17(16)22(21)23(26)25-20-10-6-9-19-18(20)13-11-15(2)24-19/h4-14H,3H2,1-2H3,(H,25,26). The van der Waals surface area contributed by atoms with Crippen molar-refractivity contribution in [2.24, 2.45) is 0 Å². The van der Waals surface area contributed by atoms with Crippen molar-refractivity contribution < 1.29 is 9.53 Å². The quantitative estimate of drug-likeness (QED) is 0.536. The molecule has 0 aliphatic rings. The van der Waals surface area contributed by atoms with Crippen LogP contribution in [0.15, 0.2) is 66.7 Å². The van der Waals surface area contributed by atoms with E-state index >= 15 is 0 Å². The second-order valence-electron chi connectivity index (χ2n) is 6.37. The van der Waals surface area contributed by atoms with Crippen LogP contribution in [-0.4, -0.2) is 17.5 Å². The van der Waals surface area contributed by atoms with Crippen LogP contribution < -0.4 is 10.1 Å². The van der Waals surface area contributed by atoms with Gasteiger partial charge < -0.3 is 10.1 Å². The van der Waals surface area contributed by atoms with Crippen LogP contribution in [0.3, 0.4) is 0 Å². The summed E-state index contributed by atoms with van der Waals surface area (Å²) in [6, 6.07) is 21.3. The van der Waals surface area contributed by atoms with Crippen LogP contribution in [0.1, 0.15) is 23.0 Å². The molecule has 0 unspecified atom stereocenters. The molecule has 4 heteroatoms. The van der Waals surface area contributed by atoms with Crippen LogP contribution >= 0.6 is 0 Å². The van der Waals surface area contributed by atoms with Crippen molar-refractivity contribution in [3.63, 3.8) is 0 Å². The van der Waals surface area contributed by atoms with Crippen LogP contribution in [0, 0.1) is 6.92 Å². The topological polar surface area (TPSA) is 51.2 Å². The number of amides is 1. The lowest BCUT2D eigenvalue weighted by molar-refractivity contribution is 0.102. The molecule has 0 saturated carbocycles. The Labute approximate surface area is 157 Å². The lowest BCUT2D eigenvalue weighted by Gasteiger charge is -2.14. The number of nitrogens with zero attached hydrogens (tertiary/aromatic N) is 1. The number of carbonyl (C=O) groups excluding carboxylic acids is 1. The average Bonchev–Trinajstić information content (AvgIpc) is 2.68. The van der Waals surface area contributed by atoms with E-state index in [4.69, 9.17) is 4.74 Å². The lowest BCUT2D eigenvalue weighted by Crippen LogP contribution is -2.14. The van der Waals surface area contributed by atoms with Gasteiger partial charge in [-0.1, -0.05) is 36.4 Å². The summed E-state index contributed by atoms with van der Waals surface area (Å²) >= 11 is 0. The molecule has 1 amide bonds. The van der Waals surface area contributed by atoms with Crippen molar-refractivity contribution in [3.8, 4) is 5.75 Å². The third-order valence-electron chi connectivity index (χ3n) is 4.54. The summed E-state index contributed by atoms with van der Waals surface area (Å²) in [6.07, 6.45) is 0. The first kappa shape index (κ1) is 17.0. The van der Waals surface area contributed by atoms with Crippen LogP contribution in [0.25, 0.3) is 21.7 Å². The van der Waals surface area contributed by atoms with Crippen LogP contribution in [0.2, 0.25) is 0 Å². The summed E-state index contributed by atoms with van der Waals surface area (Å²) in [6.45, 7) is 4.36. The number of nitrogens with one attached hydrogen (secondary N) is 1. The minimum absolute atomic E-state index is 0.191. The summed E-state index contributed by atoms with van der Waals surface area (Å²) in [5.41, 5.74) is 3.09. The first-order valence-corrected chi connectivity index (χ1v) is 8.99. The fourth-order valence-electron chi connectivity index (χ4n) is 3.31. The number of fused-ring (bicyclic) bond motifs is 2. The number of hydrogen-bond acceptors (Lipinski definition) is 3. The third-order valence-corrected chi connectivity index (χ3v) is 4.54. The van der Waals surface area contributed by atoms with Crippen LogP contribution in [-0.2, 0) is 0 Å². The Hall–Kier alpha value is -3.40. The van der Waals surface area contributed by atoms with Crippen molar-refractivity contribution in [2.75, 3.05) is 11.9 Å². The number of hydrogen-bond donors (Lipinski definition) is 1. The van der Waals surface area contributed by atoms with Gasteiger partial charge >= 0.3 is 0 Å². The summed E-state index contributed by atoms with van der Waals surface area (Å²) < 4.78 is 5.73. The number of rotatable bonds is 4. The van der Waals surface area contributed by atoms with Gasteiger partial charge in [0.1, 0.15) is 5.75 Å². The molecule has 4 aromatic rings. The zero-order valence-corrected chi connectivity index (χ0v) is 15.3. The van der Waals surface area contributed by atoms with Gasteiger partial charge in [0.25, 0.3) is 5.91 Å². The SMILES string of the molecule is CCOc1ccc2ccccc2c1C(=O)Nc1cccc2nc(C)ccc12. The molecule has 0 aliphatic carbocycles.